The molecule has 0 aliphatic carbocycles. The Morgan fingerprint density at radius 2 is 2.08 bits per heavy atom. The molecule has 0 amide bonds. The number of fused-ring (bicyclic) bond motifs is 3. The Morgan fingerprint density at radius 1 is 1.27 bits per heavy atom. The fourth-order valence-corrected chi connectivity index (χ4v) is 3.65. The second kappa shape index (κ2) is 6.06. The second-order valence-corrected chi connectivity index (χ2v) is 6.95. The number of aryl methyl sites for hydroxylation is 1. The van der Waals surface area contributed by atoms with Crippen molar-refractivity contribution in [3.63, 3.8) is 0 Å². The third kappa shape index (κ3) is 2.59. The molecular formula is C18H13BrN4O3. The zero-order valence-corrected chi connectivity index (χ0v) is 15.3. The minimum absolute atomic E-state index is 0.0257. The fourth-order valence-electron chi connectivity index (χ4n) is 3.29. The van der Waals surface area contributed by atoms with Gasteiger partial charge in [0.1, 0.15) is 5.52 Å². The Kier molecular flexibility index (Phi) is 3.84. The molecule has 8 heteroatoms. The summed E-state index contributed by atoms with van der Waals surface area (Å²) in [5.41, 5.74) is 2.59. The molecule has 4 aromatic rings. The van der Waals surface area contributed by atoms with Crippen LogP contribution in [0.5, 0.6) is 0 Å². The first-order valence-corrected chi connectivity index (χ1v) is 8.65. The van der Waals surface area contributed by atoms with Crippen LogP contribution in [0.25, 0.3) is 21.8 Å². The quantitative estimate of drug-likeness (QED) is 0.407. The maximum atomic E-state index is 12.5. The van der Waals surface area contributed by atoms with Crippen molar-refractivity contribution >= 4 is 43.4 Å². The van der Waals surface area contributed by atoms with Crippen LogP contribution in [0.15, 0.2) is 51.7 Å². The van der Waals surface area contributed by atoms with E-state index in [9.17, 15) is 14.9 Å². The molecule has 26 heavy (non-hydrogen) atoms. The lowest BCUT2D eigenvalue weighted by Crippen LogP contribution is -2.14. The van der Waals surface area contributed by atoms with Gasteiger partial charge in [0.25, 0.3) is 11.2 Å². The molecule has 0 unspecified atom stereocenters. The van der Waals surface area contributed by atoms with E-state index in [1.165, 1.54) is 12.1 Å². The summed E-state index contributed by atoms with van der Waals surface area (Å²) in [5.74, 6) is 0. The number of non-ortho nitro benzene ring substituents is 1. The molecule has 0 bridgehead atoms. The predicted molar refractivity (Wildman–Crippen MR) is 102 cm³/mol. The van der Waals surface area contributed by atoms with Gasteiger partial charge in [-0.3, -0.25) is 14.9 Å². The highest BCUT2D eigenvalue weighted by Gasteiger charge is 2.17. The van der Waals surface area contributed by atoms with Gasteiger partial charge in [-0.2, -0.15) is 5.10 Å². The molecule has 4 rings (SSSR count). The van der Waals surface area contributed by atoms with Crippen LogP contribution in [0.2, 0.25) is 0 Å². The van der Waals surface area contributed by atoms with Gasteiger partial charge in [0, 0.05) is 39.4 Å². The van der Waals surface area contributed by atoms with Gasteiger partial charge in [-0.1, -0.05) is 28.1 Å². The smallest absolute Gasteiger partial charge is 0.288 e. The Bertz CT molecular complexity index is 1240. The summed E-state index contributed by atoms with van der Waals surface area (Å²) >= 11 is 3.47. The van der Waals surface area contributed by atoms with Gasteiger partial charge in [0.05, 0.1) is 10.6 Å². The first-order chi connectivity index (χ1) is 12.5. The molecule has 2 aromatic heterocycles. The lowest BCUT2D eigenvalue weighted by atomic mass is 10.1. The number of nitrogens with zero attached hydrogens (tertiary/aromatic N) is 3. The third-order valence-electron chi connectivity index (χ3n) is 4.39. The lowest BCUT2D eigenvalue weighted by molar-refractivity contribution is -0.384. The van der Waals surface area contributed by atoms with Crippen LogP contribution in [-0.2, 0) is 6.54 Å². The van der Waals surface area contributed by atoms with E-state index in [-0.39, 0.29) is 11.2 Å². The van der Waals surface area contributed by atoms with E-state index < -0.39 is 4.92 Å². The van der Waals surface area contributed by atoms with Crippen LogP contribution in [-0.4, -0.2) is 19.7 Å². The normalized spacial score (nSPS) is 11.3. The molecule has 0 spiro atoms. The van der Waals surface area contributed by atoms with E-state index in [1.807, 2.05) is 35.8 Å². The van der Waals surface area contributed by atoms with Crippen molar-refractivity contribution in [3.05, 3.63) is 78.7 Å². The van der Waals surface area contributed by atoms with Crippen molar-refractivity contribution < 1.29 is 4.92 Å². The zero-order valence-electron chi connectivity index (χ0n) is 13.7. The van der Waals surface area contributed by atoms with E-state index in [4.69, 9.17) is 0 Å². The minimum atomic E-state index is -0.423. The largest absolute Gasteiger partial charge is 0.331 e. The molecule has 0 radical (unpaired) electrons. The number of aromatic nitrogens is 3. The first kappa shape index (κ1) is 16.5. The van der Waals surface area contributed by atoms with Crippen molar-refractivity contribution in [1.82, 2.24) is 14.8 Å². The van der Waals surface area contributed by atoms with Crippen LogP contribution >= 0.6 is 15.9 Å². The molecule has 0 saturated heterocycles. The molecule has 2 heterocycles. The Labute approximate surface area is 155 Å². The maximum absolute atomic E-state index is 12.5. The Morgan fingerprint density at radius 3 is 2.85 bits per heavy atom. The van der Waals surface area contributed by atoms with Gasteiger partial charge in [-0.15, -0.1) is 0 Å². The number of aromatic amines is 1. The van der Waals surface area contributed by atoms with E-state index in [1.54, 1.807) is 6.07 Å². The Hall–Kier alpha value is -3.00. The molecule has 0 aliphatic heterocycles. The third-order valence-corrected chi connectivity index (χ3v) is 4.88. The summed E-state index contributed by atoms with van der Waals surface area (Å²) in [7, 11) is 0. The molecular weight excluding hydrogens is 400 g/mol. The highest BCUT2D eigenvalue weighted by molar-refractivity contribution is 9.10. The molecule has 130 valence electrons. The number of nitro groups is 1. The van der Waals surface area contributed by atoms with E-state index >= 15 is 0 Å². The highest BCUT2D eigenvalue weighted by atomic mass is 79.9. The molecule has 1 N–H and O–H groups in total. The van der Waals surface area contributed by atoms with Crippen LogP contribution in [0.3, 0.4) is 0 Å². The summed E-state index contributed by atoms with van der Waals surface area (Å²) in [6.07, 6.45) is 0. The molecule has 0 saturated carbocycles. The summed E-state index contributed by atoms with van der Waals surface area (Å²) in [4.78, 5) is 23.1. The van der Waals surface area contributed by atoms with Gasteiger partial charge in [-0.25, -0.2) is 5.10 Å². The number of hydrogen-bond acceptors (Lipinski definition) is 4. The van der Waals surface area contributed by atoms with Crippen molar-refractivity contribution in [1.29, 1.82) is 0 Å². The topological polar surface area (TPSA) is 93.8 Å². The standard InChI is InChI=1S/C18H13BrN4O3/c1-10-16-14-8-12(19)5-6-15(14)22(17(16)18(24)21-20-10)9-11-3-2-4-13(7-11)23(25)26/h2-8H,9H2,1H3,(H,21,24). The average Bonchev–Trinajstić information content (AvgIpc) is 2.93. The van der Waals surface area contributed by atoms with Crippen molar-refractivity contribution in [2.75, 3.05) is 0 Å². The van der Waals surface area contributed by atoms with Crippen LogP contribution < -0.4 is 5.56 Å². The first-order valence-electron chi connectivity index (χ1n) is 7.86. The van der Waals surface area contributed by atoms with Crippen molar-refractivity contribution in [2.45, 2.75) is 13.5 Å². The van der Waals surface area contributed by atoms with Gasteiger partial charge >= 0.3 is 0 Å². The van der Waals surface area contributed by atoms with Crippen LogP contribution in [0, 0.1) is 17.0 Å². The zero-order chi connectivity index (χ0) is 18.4. The number of rotatable bonds is 3. The maximum Gasteiger partial charge on any atom is 0.288 e. The second-order valence-electron chi connectivity index (χ2n) is 6.04. The summed E-state index contributed by atoms with van der Waals surface area (Å²) < 4.78 is 2.78. The number of H-pyrrole nitrogens is 1. The number of halogens is 1. The molecule has 7 nitrogen and oxygen atoms in total. The number of benzene rings is 2. The van der Waals surface area contributed by atoms with Crippen molar-refractivity contribution in [2.24, 2.45) is 0 Å². The molecule has 2 aromatic carbocycles. The van der Waals surface area contributed by atoms with E-state index in [0.717, 1.165) is 32.0 Å². The van der Waals surface area contributed by atoms with Gasteiger partial charge < -0.3 is 4.57 Å². The average molecular weight is 413 g/mol. The molecule has 0 atom stereocenters. The monoisotopic (exact) mass is 412 g/mol. The van der Waals surface area contributed by atoms with E-state index in [0.29, 0.717) is 12.1 Å². The number of hydrogen-bond donors (Lipinski definition) is 1. The summed E-state index contributed by atoms with van der Waals surface area (Å²) in [5, 5.41) is 19.4. The molecule has 0 aliphatic rings. The van der Waals surface area contributed by atoms with Gasteiger partial charge in [-0.05, 0) is 30.7 Å². The number of nitrogens with one attached hydrogen (secondary N) is 1. The summed E-state index contributed by atoms with van der Waals surface area (Å²) in [6, 6.07) is 12.2. The molecule has 0 fully saturated rings. The van der Waals surface area contributed by atoms with Gasteiger partial charge in [0.2, 0.25) is 0 Å². The van der Waals surface area contributed by atoms with Crippen LogP contribution in [0.4, 0.5) is 5.69 Å². The van der Waals surface area contributed by atoms with Crippen LogP contribution in [0.1, 0.15) is 11.3 Å². The van der Waals surface area contributed by atoms with E-state index in [2.05, 4.69) is 26.1 Å². The predicted octanol–water partition coefficient (Wildman–Crippen LogP) is 3.91. The lowest BCUT2D eigenvalue weighted by Gasteiger charge is -2.07. The minimum Gasteiger partial charge on any atom is -0.331 e. The van der Waals surface area contributed by atoms with Gasteiger partial charge in [0.15, 0.2) is 0 Å². The SMILES string of the molecule is Cc1n[nH]c(=O)c2c1c1cc(Br)ccc1n2Cc1cccc([N+](=O)[O-])c1. The number of nitro benzene ring substituents is 1. The summed E-state index contributed by atoms with van der Waals surface area (Å²) in [6.45, 7) is 2.19. The Balaban J connectivity index is 2.02. The fraction of sp³-hybridized carbons (Fsp3) is 0.111. The highest BCUT2D eigenvalue weighted by Crippen LogP contribution is 2.31. The van der Waals surface area contributed by atoms with Crippen molar-refractivity contribution in [3.8, 4) is 0 Å².